The Morgan fingerprint density at radius 1 is 1.42 bits per heavy atom. The van der Waals surface area contributed by atoms with Gasteiger partial charge in [-0.2, -0.15) is 0 Å². The third-order valence-electron chi connectivity index (χ3n) is 1.91. The molecule has 0 aliphatic heterocycles. The van der Waals surface area contributed by atoms with Gasteiger partial charge in [0.05, 0.1) is 5.52 Å². The van der Waals surface area contributed by atoms with Crippen LogP contribution in [-0.4, -0.2) is 9.38 Å². The number of hydrogen-bond donors (Lipinski definition) is 0. The van der Waals surface area contributed by atoms with Gasteiger partial charge in [-0.1, -0.05) is 6.07 Å². The van der Waals surface area contributed by atoms with Gasteiger partial charge >= 0.3 is 0 Å². The standard InChI is InChI=1S/C9H9BrN2/c1-6-3-7(2)8-9(10)11-5-12(8)4-6/h3-5H,1-2H3. The second-order valence-corrected chi connectivity index (χ2v) is 3.74. The van der Waals surface area contributed by atoms with Crippen LogP contribution in [0.4, 0.5) is 0 Å². The molecule has 0 aromatic carbocycles. The van der Waals surface area contributed by atoms with Gasteiger partial charge in [-0.3, -0.25) is 0 Å². The fourth-order valence-corrected chi connectivity index (χ4v) is 2.08. The van der Waals surface area contributed by atoms with Crippen LogP contribution < -0.4 is 0 Å². The number of nitrogens with zero attached hydrogens (tertiary/aromatic N) is 2. The molecule has 12 heavy (non-hydrogen) atoms. The molecular formula is C9H9BrN2. The maximum Gasteiger partial charge on any atom is 0.132 e. The van der Waals surface area contributed by atoms with Gasteiger partial charge < -0.3 is 4.40 Å². The Labute approximate surface area is 79.4 Å². The first kappa shape index (κ1) is 7.80. The van der Waals surface area contributed by atoms with E-state index < -0.39 is 0 Å². The van der Waals surface area contributed by atoms with Crippen LogP contribution in [0, 0.1) is 13.8 Å². The summed E-state index contributed by atoms with van der Waals surface area (Å²) < 4.78 is 2.95. The van der Waals surface area contributed by atoms with E-state index in [1.54, 1.807) is 0 Å². The highest BCUT2D eigenvalue weighted by Crippen LogP contribution is 2.20. The molecule has 0 amide bonds. The molecule has 0 bridgehead atoms. The molecule has 0 saturated heterocycles. The molecule has 0 atom stereocenters. The van der Waals surface area contributed by atoms with Gasteiger partial charge in [0.2, 0.25) is 0 Å². The van der Waals surface area contributed by atoms with Crippen LogP contribution >= 0.6 is 15.9 Å². The van der Waals surface area contributed by atoms with Crippen LogP contribution in [0.15, 0.2) is 23.2 Å². The Hall–Kier alpha value is -0.830. The predicted octanol–water partition coefficient (Wildman–Crippen LogP) is 2.71. The fourth-order valence-electron chi connectivity index (χ4n) is 1.47. The summed E-state index contributed by atoms with van der Waals surface area (Å²) in [7, 11) is 0. The summed E-state index contributed by atoms with van der Waals surface area (Å²) in [5, 5.41) is 0. The van der Waals surface area contributed by atoms with Gasteiger partial charge in [-0.05, 0) is 40.9 Å². The molecule has 62 valence electrons. The van der Waals surface area contributed by atoms with E-state index in [9.17, 15) is 0 Å². The number of imidazole rings is 1. The van der Waals surface area contributed by atoms with Crippen molar-refractivity contribution in [3.63, 3.8) is 0 Å². The quantitative estimate of drug-likeness (QED) is 0.673. The van der Waals surface area contributed by atoms with Gasteiger partial charge in [0.25, 0.3) is 0 Å². The normalized spacial score (nSPS) is 10.9. The first-order valence-electron chi connectivity index (χ1n) is 3.78. The zero-order valence-electron chi connectivity index (χ0n) is 7.00. The Bertz CT molecular complexity index is 431. The maximum atomic E-state index is 4.18. The number of aromatic nitrogens is 2. The summed E-state index contributed by atoms with van der Waals surface area (Å²) in [5.41, 5.74) is 3.66. The molecule has 0 radical (unpaired) electrons. The monoisotopic (exact) mass is 224 g/mol. The number of rotatable bonds is 0. The molecule has 0 N–H and O–H groups in total. The van der Waals surface area contributed by atoms with Gasteiger partial charge in [-0.25, -0.2) is 4.98 Å². The molecule has 0 saturated carbocycles. The molecule has 2 nitrogen and oxygen atoms in total. The first-order chi connectivity index (χ1) is 5.68. The third kappa shape index (κ3) is 1.05. The Balaban J connectivity index is 2.93. The average Bonchev–Trinajstić information content (AvgIpc) is 2.31. The largest absolute Gasteiger partial charge is 0.305 e. The highest BCUT2D eigenvalue weighted by atomic mass is 79.9. The molecule has 2 heterocycles. The fraction of sp³-hybridized carbons (Fsp3) is 0.222. The van der Waals surface area contributed by atoms with Crippen LogP contribution in [-0.2, 0) is 0 Å². The minimum absolute atomic E-state index is 0.917. The van der Waals surface area contributed by atoms with Crippen LogP contribution in [0.3, 0.4) is 0 Å². The number of pyridine rings is 1. The van der Waals surface area contributed by atoms with Crippen LogP contribution in [0.2, 0.25) is 0 Å². The smallest absolute Gasteiger partial charge is 0.132 e. The average molecular weight is 225 g/mol. The van der Waals surface area contributed by atoms with Gasteiger partial charge in [-0.15, -0.1) is 0 Å². The summed E-state index contributed by atoms with van der Waals surface area (Å²) >= 11 is 3.41. The molecule has 0 fully saturated rings. The highest BCUT2D eigenvalue weighted by molar-refractivity contribution is 9.10. The van der Waals surface area contributed by atoms with Crippen molar-refractivity contribution in [2.45, 2.75) is 13.8 Å². The lowest BCUT2D eigenvalue weighted by Crippen LogP contribution is -1.87. The van der Waals surface area contributed by atoms with E-state index in [0.29, 0.717) is 0 Å². The summed E-state index contributed by atoms with van der Waals surface area (Å²) in [6, 6.07) is 2.15. The molecule has 2 aromatic heterocycles. The van der Waals surface area contributed by atoms with Crippen molar-refractivity contribution >= 4 is 21.4 Å². The summed E-state index contributed by atoms with van der Waals surface area (Å²) in [6.45, 7) is 4.18. The minimum Gasteiger partial charge on any atom is -0.305 e. The molecule has 2 aromatic rings. The van der Waals surface area contributed by atoms with Crippen LogP contribution in [0.25, 0.3) is 5.52 Å². The Kier molecular flexibility index (Phi) is 1.68. The molecular weight excluding hydrogens is 216 g/mol. The zero-order valence-corrected chi connectivity index (χ0v) is 8.59. The molecule has 0 aliphatic carbocycles. The van der Waals surface area contributed by atoms with E-state index in [4.69, 9.17) is 0 Å². The first-order valence-corrected chi connectivity index (χ1v) is 4.57. The molecule has 2 rings (SSSR count). The molecule has 0 aliphatic rings. The Morgan fingerprint density at radius 2 is 2.17 bits per heavy atom. The van der Waals surface area contributed by atoms with Gasteiger partial charge in [0.15, 0.2) is 0 Å². The van der Waals surface area contributed by atoms with Gasteiger partial charge in [0, 0.05) is 6.20 Å². The Morgan fingerprint density at radius 3 is 2.92 bits per heavy atom. The second-order valence-electron chi connectivity index (χ2n) is 2.99. The van der Waals surface area contributed by atoms with E-state index >= 15 is 0 Å². The maximum absolute atomic E-state index is 4.18. The summed E-state index contributed by atoms with van der Waals surface area (Å²) in [6.07, 6.45) is 3.89. The van der Waals surface area contributed by atoms with Crippen molar-refractivity contribution in [1.29, 1.82) is 0 Å². The summed E-state index contributed by atoms with van der Waals surface area (Å²) in [5.74, 6) is 0. The van der Waals surface area contributed by atoms with Crippen LogP contribution in [0.5, 0.6) is 0 Å². The van der Waals surface area contributed by atoms with E-state index in [1.807, 2.05) is 10.7 Å². The minimum atomic E-state index is 0.917. The number of aryl methyl sites for hydroxylation is 2. The number of fused-ring (bicyclic) bond motifs is 1. The van der Waals surface area contributed by atoms with Crippen molar-refractivity contribution in [3.8, 4) is 0 Å². The molecule has 3 heteroatoms. The van der Waals surface area contributed by atoms with Crippen molar-refractivity contribution < 1.29 is 0 Å². The SMILES string of the molecule is Cc1cc(C)c2c(Br)ncn2c1. The second kappa shape index (κ2) is 2.59. The summed E-state index contributed by atoms with van der Waals surface area (Å²) in [4.78, 5) is 4.18. The van der Waals surface area contributed by atoms with Crippen molar-refractivity contribution in [3.05, 3.63) is 34.3 Å². The number of hydrogen-bond acceptors (Lipinski definition) is 1. The van der Waals surface area contributed by atoms with E-state index in [-0.39, 0.29) is 0 Å². The topological polar surface area (TPSA) is 17.3 Å². The molecule has 0 spiro atoms. The van der Waals surface area contributed by atoms with Crippen molar-refractivity contribution in [2.75, 3.05) is 0 Å². The van der Waals surface area contributed by atoms with Gasteiger partial charge in [0.1, 0.15) is 10.9 Å². The van der Waals surface area contributed by atoms with Crippen LogP contribution in [0.1, 0.15) is 11.1 Å². The molecule has 0 unspecified atom stereocenters. The van der Waals surface area contributed by atoms with Crippen molar-refractivity contribution in [2.24, 2.45) is 0 Å². The van der Waals surface area contributed by atoms with E-state index in [2.05, 4.69) is 47.0 Å². The lowest BCUT2D eigenvalue weighted by molar-refractivity contribution is 1.12. The van der Waals surface area contributed by atoms with E-state index in [0.717, 1.165) is 10.1 Å². The lowest BCUT2D eigenvalue weighted by Gasteiger charge is -2.00. The van der Waals surface area contributed by atoms with Crippen molar-refractivity contribution in [1.82, 2.24) is 9.38 Å². The van der Waals surface area contributed by atoms with E-state index in [1.165, 1.54) is 11.1 Å². The third-order valence-corrected chi connectivity index (χ3v) is 2.49. The zero-order chi connectivity index (χ0) is 8.72. The highest BCUT2D eigenvalue weighted by Gasteiger charge is 2.03. The lowest BCUT2D eigenvalue weighted by atomic mass is 10.2. The number of halogens is 1. The predicted molar refractivity (Wildman–Crippen MR) is 52.4 cm³/mol.